The maximum atomic E-state index is 13.0. The first kappa shape index (κ1) is 25.5. The van der Waals surface area contributed by atoms with Gasteiger partial charge in [-0.1, -0.05) is 54.6 Å². The molecule has 34 heavy (non-hydrogen) atoms. The van der Waals surface area contributed by atoms with Gasteiger partial charge >= 0.3 is 0 Å². The van der Waals surface area contributed by atoms with Crippen LogP contribution in [0.2, 0.25) is 5.02 Å². The standard InChI is InChI=1S/C25H28ClN5O2S/c1-5-15-31-23(19-11-13-20(26)14-12-19)28-29-25(31)34-17(3)24(33)30(4)16-22(32)27-21-10-8-7-9-18(21)6-2/h5,7-14,17H,1,6,15-16H2,2-4H3,(H,27,32). The normalized spacial score (nSPS) is 11.6. The van der Waals surface area contributed by atoms with E-state index in [-0.39, 0.29) is 18.4 Å². The Morgan fingerprint density at radius 1 is 1.21 bits per heavy atom. The number of amides is 2. The Labute approximate surface area is 209 Å². The smallest absolute Gasteiger partial charge is 0.243 e. The molecule has 2 amide bonds. The maximum absolute atomic E-state index is 13.0. The Hall–Kier alpha value is -3.10. The van der Waals surface area contributed by atoms with Gasteiger partial charge in [0.05, 0.1) is 11.8 Å². The molecule has 1 unspecified atom stereocenters. The summed E-state index contributed by atoms with van der Waals surface area (Å²) in [4.78, 5) is 26.9. The fourth-order valence-electron chi connectivity index (χ4n) is 3.43. The second kappa shape index (κ2) is 11.9. The molecule has 0 bridgehead atoms. The second-order valence-electron chi connectivity index (χ2n) is 7.73. The molecule has 1 atom stereocenters. The number of likely N-dealkylation sites (N-methyl/N-ethyl adjacent to an activating group) is 1. The Bertz CT molecular complexity index is 1160. The van der Waals surface area contributed by atoms with Crippen molar-refractivity contribution in [1.82, 2.24) is 19.7 Å². The van der Waals surface area contributed by atoms with E-state index in [1.807, 2.05) is 47.9 Å². The number of halogens is 1. The first-order valence-electron chi connectivity index (χ1n) is 10.9. The third-order valence-electron chi connectivity index (χ3n) is 5.19. The van der Waals surface area contributed by atoms with Gasteiger partial charge < -0.3 is 10.2 Å². The molecule has 0 saturated heterocycles. The van der Waals surface area contributed by atoms with E-state index < -0.39 is 5.25 Å². The molecule has 178 valence electrons. The Balaban J connectivity index is 1.67. The van der Waals surface area contributed by atoms with Crippen LogP contribution in [-0.4, -0.2) is 50.3 Å². The van der Waals surface area contributed by atoms with E-state index in [0.29, 0.717) is 22.5 Å². The van der Waals surface area contributed by atoms with Crippen molar-refractivity contribution >= 4 is 40.9 Å². The summed E-state index contributed by atoms with van der Waals surface area (Å²) in [5.74, 6) is 0.250. The highest BCUT2D eigenvalue weighted by molar-refractivity contribution is 8.00. The van der Waals surface area contributed by atoms with E-state index in [0.717, 1.165) is 23.2 Å². The molecule has 1 N–H and O–H groups in total. The first-order valence-corrected chi connectivity index (χ1v) is 12.2. The van der Waals surface area contributed by atoms with Gasteiger partial charge in [0.25, 0.3) is 0 Å². The van der Waals surface area contributed by atoms with E-state index in [4.69, 9.17) is 11.6 Å². The van der Waals surface area contributed by atoms with Crippen LogP contribution in [0, 0.1) is 0 Å². The number of allylic oxidation sites excluding steroid dienone is 1. The van der Waals surface area contributed by atoms with Crippen LogP contribution in [0.3, 0.4) is 0 Å². The fourth-order valence-corrected chi connectivity index (χ4v) is 4.53. The van der Waals surface area contributed by atoms with Crippen LogP contribution in [0.5, 0.6) is 0 Å². The van der Waals surface area contributed by atoms with Gasteiger partial charge in [-0.25, -0.2) is 0 Å². The number of aromatic nitrogens is 3. The number of nitrogens with one attached hydrogen (secondary N) is 1. The van der Waals surface area contributed by atoms with E-state index in [9.17, 15) is 9.59 Å². The maximum Gasteiger partial charge on any atom is 0.243 e. The molecule has 3 rings (SSSR count). The van der Waals surface area contributed by atoms with Crippen molar-refractivity contribution in [3.8, 4) is 11.4 Å². The van der Waals surface area contributed by atoms with Crippen LogP contribution in [0.4, 0.5) is 5.69 Å². The zero-order valence-electron chi connectivity index (χ0n) is 19.5. The topological polar surface area (TPSA) is 80.1 Å². The number of rotatable bonds is 10. The number of para-hydroxylation sites is 1. The number of hydrogen-bond acceptors (Lipinski definition) is 5. The van der Waals surface area contributed by atoms with Crippen LogP contribution in [0.1, 0.15) is 19.4 Å². The summed E-state index contributed by atoms with van der Waals surface area (Å²) in [6, 6.07) is 15.0. The lowest BCUT2D eigenvalue weighted by atomic mass is 10.1. The number of thioether (sulfide) groups is 1. The van der Waals surface area contributed by atoms with Crippen molar-refractivity contribution in [2.75, 3.05) is 18.9 Å². The third kappa shape index (κ3) is 6.27. The van der Waals surface area contributed by atoms with E-state index in [1.165, 1.54) is 16.7 Å². The SMILES string of the molecule is C=CCn1c(SC(C)C(=O)N(C)CC(=O)Nc2ccccc2CC)nnc1-c1ccc(Cl)cc1. The minimum atomic E-state index is -0.466. The van der Waals surface area contributed by atoms with Crippen molar-refractivity contribution in [3.63, 3.8) is 0 Å². The van der Waals surface area contributed by atoms with Gasteiger partial charge in [0.1, 0.15) is 0 Å². The number of hydrogen-bond donors (Lipinski definition) is 1. The average molecular weight is 498 g/mol. The number of benzene rings is 2. The summed E-state index contributed by atoms with van der Waals surface area (Å²) in [5.41, 5.74) is 2.68. The molecule has 3 aromatic rings. The van der Waals surface area contributed by atoms with Gasteiger partial charge in [0.2, 0.25) is 11.8 Å². The molecule has 2 aromatic carbocycles. The van der Waals surface area contributed by atoms with Crippen LogP contribution < -0.4 is 5.32 Å². The summed E-state index contributed by atoms with van der Waals surface area (Å²) in [5, 5.41) is 12.3. The molecule has 0 aliphatic heterocycles. The van der Waals surface area contributed by atoms with E-state index in [1.54, 1.807) is 32.2 Å². The largest absolute Gasteiger partial charge is 0.335 e. The summed E-state index contributed by atoms with van der Waals surface area (Å²) in [6.45, 7) is 8.09. The monoisotopic (exact) mass is 497 g/mol. The predicted molar refractivity (Wildman–Crippen MR) is 138 cm³/mol. The van der Waals surface area contributed by atoms with E-state index in [2.05, 4.69) is 22.1 Å². The molecule has 0 saturated carbocycles. The summed E-state index contributed by atoms with van der Waals surface area (Å²) in [6.07, 6.45) is 2.56. The van der Waals surface area contributed by atoms with Gasteiger partial charge in [0.15, 0.2) is 11.0 Å². The molecule has 1 aromatic heterocycles. The number of carbonyl (C=O) groups excluding carboxylic acids is 2. The fraction of sp³-hybridized carbons (Fsp3) is 0.280. The molecular weight excluding hydrogens is 470 g/mol. The molecule has 9 heteroatoms. The predicted octanol–water partition coefficient (Wildman–Crippen LogP) is 4.92. The highest BCUT2D eigenvalue weighted by atomic mass is 35.5. The molecule has 0 radical (unpaired) electrons. The molecule has 0 aliphatic carbocycles. The Kier molecular flexibility index (Phi) is 8.90. The quantitative estimate of drug-likeness (QED) is 0.317. The molecule has 7 nitrogen and oxygen atoms in total. The van der Waals surface area contributed by atoms with Gasteiger partial charge in [-0.3, -0.25) is 14.2 Å². The van der Waals surface area contributed by atoms with E-state index >= 15 is 0 Å². The van der Waals surface area contributed by atoms with Crippen molar-refractivity contribution in [2.24, 2.45) is 0 Å². The molecule has 0 spiro atoms. The zero-order chi connectivity index (χ0) is 24.7. The Morgan fingerprint density at radius 3 is 2.59 bits per heavy atom. The number of anilines is 1. The van der Waals surface area contributed by atoms with Crippen LogP contribution in [0.25, 0.3) is 11.4 Å². The van der Waals surface area contributed by atoms with Gasteiger partial charge in [0, 0.05) is 29.9 Å². The highest BCUT2D eigenvalue weighted by Gasteiger charge is 2.24. The minimum Gasteiger partial charge on any atom is -0.335 e. The van der Waals surface area contributed by atoms with Crippen molar-refractivity contribution in [1.29, 1.82) is 0 Å². The summed E-state index contributed by atoms with van der Waals surface area (Å²) in [7, 11) is 1.62. The lowest BCUT2D eigenvalue weighted by Gasteiger charge is -2.21. The van der Waals surface area contributed by atoms with Crippen molar-refractivity contribution < 1.29 is 9.59 Å². The van der Waals surface area contributed by atoms with Crippen molar-refractivity contribution in [3.05, 3.63) is 71.8 Å². The summed E-state index contributed by atoms with van der Waals surface area (Å²) < 4.78 is 1.90. The molecule has 0 fully saturated rings. The summed E-state index contributed by atoms with van der Waals surface area (Å²) >= 11 is 7.30. The average Bonchev–Trinajstić information content (AvgIpc) is 3.21. The highest BCUT2D eigenvalue weighted by Crippen LogP contribution is 2.28. The van der Waals surface area contributed by atoms with Crippen molar-refractivity contribution in [2.45, 2.75) is 37.2 Å². The van der Waals surface area contributed by atoms with Gasteiger partial charge in [-0.2, -0.15) is 0 Å². The molecule has 1 heterocycles. The van der Waals surface area contributed by atoms with Crippen LogP contribution in [-0.2, 0) is 22.6 Å². The molecule has 0 aliphatic rings. The number of carbonyl (C=O) groups is 2. The zero-order valence-corrected chi connectivity index (χ0v) is 21.1. The van der Waals surface area contributed by atoms with Crippen LogP contribution >= 0.6 is 23.4 Å². The second-order valence-corrected chi connectivity index (χ2v) is 9.47. The first-order chi connectivity index (χ1) is 16.3. The third-order valence-corrected chi connectivity index (χ3v) is 6.51. The molecular formula is C25H28ClN5O2S. The Morgan fingerprint density at radius 2 is 1.91 bits per heavy atom. The number of aryl methyl sites for hydroxylation is 1. The van der Waals surface area contributed by atoms with Gasteiger partial charge in [-0.15, -0.1) is 16.8 Å². The lowest BCUT2D eigenvalue weighted by molar-refractivity contribution is -0.132. The minimum absolute atomic E-state index is 0.0445. The van der Waals surface area contributed by atoms with Gasteiger partial charge in [-0.05, 0) is 49.2 Å². The lowest BCUT2D eigenvalue weighted by Crippen LogP contribution is -2.39. The number of nitrogens with zero attached hydrogens (tertiary/aromatic N) is 4. The van der Waals surface area contributed by atoms with Crippen LogP contribution in [0.15, 0.2) is 66.3 Å².